The summed E-state index contributed by atoms with van der Waals surface area (Å²) < 4.78 is 12.3. The Morgan fingerprint density at radius 2 is 1.86 bits per heavy atom. The standard InChI is InChI=1S/C27H25N5O4/c1-18(27(34)35-2)31-26(33)25-12-11-24(36-25)21-7-9-22(10-8-21)30-15-23-14-29-17-32(23)16-20-5-3-19(13-28)4-6-20/h3-12,14,17-18,30H,15-16H2,1-2H3,(H,31,33)/t18-/m0/s1. The smallest absolute Gasteiger partial charge is 0.328 e. The predicted molar refractivity (Wildman–Crippen MR) is 133 cm³/mol. The molecule has 0 radical (unpaired) electrons. The number of anilines is 1. The maximum Gasteiger partial charge on any atom is 0.328 e. The van der Waals surface area contributed by atoms with Gasteiger partial charge in [-0.05, 0) is 61.0 Å². The monoisotopic (exact) mass is 483 g/mol. The number of nitriles is 1. The molecule has 0 aliphatic heterocycles. The van der Waals surface area contributed by atoms with Gasteiger partial charge in [0.2, 0.25) is 0 Å². The van der Waals surface area contributed by atoms with Gasteiger partial charge in [-0.15, -0.1) is 0 Å². The fraction of sp³-hybridized carbons (Fsp3) is 0.185. The molecule has 4 aromatic rings. The first kappa shape index (κ1) is 24.3. The van der Waals surface area contributed by atoms with E-state index in [4.69, 9.17) is 9.68 Å². The molecule has 9 nitrogen and oxygen atoms in total. The summed E-state index contributed by atoms with van der Waals surface area (Å²) in [5.74, 6) is -0.373. The van der Waals surface area contributed by atoms with E-state index in [9.17, 15) is 9.59 Å². The first-order valence-corrected chi connectivity index (χ1v) is 11.3. The second-order valence-electron chi connectivity index (χ2n) is 8.13. The molecule has 2 heterocycles. The van der Waals surface area contributed by atoms with Gasteiger partial charge < -0.3 is 24.4 Å². The van der Waals surface area contributed by atoms with E-state index >= 15 is 0 Å². The van der Waals surface area contributed by atoms with Crippen LogP contribution in [0.5, 0.6) is 0 Å². The molecule has 0 fully saturated rings. The first-order chi connectivity index (χ1) is 17.5. The van der Waals surface area contributed by atoms with Gasteiger partial charge in [0, 0.05) is 24.0 Å². The van der Waals surface area contributed by atoms with Crippen LogP contribution in [0.4, 0.5) is 5.69 Å². The van der Waals surface area contributed by atoms with Crippen molar-refractivity contribution in [3.8, 4) is 17.4 Å². The summed E-state index contributed by atoms with van der Waals surface area (Å²) in [6.07, 6.45) is 3.61. The average molecular weight is 484 g/mol. The number of carbonyl (C=O) groups is 2. The van der Waals surface area contributed by atoms with Gasteiger partial charge in [-0.2, -0.15) is 5.26 Å². The number of carbonyl (C=O) groups excluding carboxylic acids is 2. The minimum Gasteiger partial charge on any atom is -0.467 e. The number of nitrogens with one attached hydrogen (secondary N) is 2. The second-order valence-corrected chi connectivity index (χ2v) is 8.13. The van der Waals surface area contributed by atoms with Crippen LogP contribution in [-0.4, -0.2) is 34.6 Å². The number of rotatable bonds is 9. The highest BCUT2D eigenvalue weighted by atomic mass is 16.5. The summed E-state index contributed by atoms with van der Waals surface area (Å²) in [6, 6.07) is 19.8. The van der Waals surface area contributed by atoms with E-state index in [1.807, 2.05) is 54.7 Å². The molecule has 2 aromatic heterocycles. The molecule has 4 rings (SSSR count). The molecule has 9 heteroatoms. The summed E-state index contributed by atoms with van der Waals surface area (Å²) >= 11 is 0. The molecule has 1 amide bonds. The van der Waals surface area contributed by atoms with Crippen LogP contribution < -0.4 is 10.6 Å². The van der Waals surface area contributed by atoms with Crippen LogP contribution in [0.15, 0.2) is 77.6 Å². The zero-order valence-electron chi connectivity index (χ0n) is 19.9. The van der Waals surface area contributed by atoms with Gasteiger partial charge in [0.25, 0.3) is 5.91 Å². The van der Waals surface area contributed by atoms with Crippen LogP contribution in [0.1, 0.15) is 34.3 Å². The van der Waals surface area contributed by atoms with Crippen molar-refractivity contribution in [2.24, 2.45) is 0 Å². The second kappa shape index (κ2) is 11.1. The van der Waals surface area contributed by atoms with E-state index in [-0.39, 0.29) is 5.76 Å². The Kier molecular flexibility index (Phi) is 7.46. The zero-order valence-corrected chi connectivity index (χ0v) is 19.9. The molecule has 0 bridgehead atoms. The molecule has 0 saturated carbocycles. The van der Waals surface area contributed by atoms with Gasteiger partial charge in [0.05, 0.1) is 37.3 Å². The van der Waals surface area contributed by atoms with Gasteiger partial charge in [-0.25, -0.2) is 9.78 Å². The Bertz CT molecular complexity index is 1380. The van der Waals surface area contributed by atoms with Gasteiger partial charge in [0.15, 0.2) is 5.76 Å². The van der Waals surface area contributed by atoms with Crippen molar-refractivity contribution in [2.45, 2.75) is 26.1 Å². The van der Waals surface area contributed by atoms with Crippen molar-refractivity contribution < 1.29 is 18.7 Å². The average Bonchev–Trinajstić information content (AvgIpc) is 3.58. The summed E-state index contributed by atoms with van der Waals surface area (Å²) in [7, 11) is 1.26. The minimum absolute atomic E-state index is 0.110. The molecular formula is C27H25N5O4. The Morgan fingerprint density at radius 3 is 2.56 bits per heavy atom. The SMILES string of the molecule is COC(=O)[C@H](C)NC(=O)c1ccc(-c2ccc(NCc3cncn3Cc3ccc(C#N)cc3)cc2)o1. The number of esters is 1. The van der Waals surface area contributed by atoms with Gasteiger partial charge >= 0.3 is 5.97 Å². The fourth-order valence-corrected chi connectivity index (χ4v) is 3.58. The quantitative estimate of drug-likeness (QED) is 0.346. The Labute approximate surface area is 208 Å². The van der Waals surface area contributed by atoms with E-state index < -0.39 is 17.9 Å². The lowest BCUT2D eigenvalue weighted by atomic mass is 10.1. The van der Waals surface area contributed by atoms with Crippen LogP contribution >= 0.6 is 0 Å². The van der Waals surface area contributed by atoms with Crippen molar-refractivity contribution in [1.29, 1.82) is 5.26 Å². The highest BCUT2D eigenvalue weighted by molar-refractivity contribution is 5.94. The largest absolute Gasteiger partial charge is 0.467 e. The normalized spacial score (nSPS) is 11.4. The number of methoxy groups -OCH3 is 1. The third-order valence-corrected chi connectivity index (χ3v) is 5.61. The van der Waals surface area contributed by atoms with E-state index in [2.05, 4.69) is 31.0 Å². The highest BCUT2D eigenvalue weighted by Gasteiger charge is 2.19. The van der Waals surface area contributed by atoms with Crippen LogP contribution in [0.25, 0.3) is 11.3 Å². The van der Waals surface area contributed by atoms with Crippen LogP contribution in [0, 0.1) is 11.3 Å². The van der Waals surface area contributed by atoms with Crippen molar-refractivity contribution >= 4 is 17.6 Å². The lowest BCUT2D eigenvalue weighted by molar-refractivity contribution is -0.142. The number of amides is 1. The molecule has 36 heavy (non-hydrogen) atoms. The zero-order chi connectivity index (χ0) is 25.5. The molecule has 1 atom stereocenters. The van der Waals surface area contributed by atoms with Gasteiger partial charge in [-0.1, -0.05) is 12.1 Å². The lowest BCUT2D eigenvalue weighted by Gasteiger charge is -2.11. The Balaban J connectivity index is 1.35. The first-order valence-electron chi connectivity index (χ1n) is 11.3. The van der Waals surface area contributed by atoms with Crippen molar-refractivity contribution in [3.63, 3.8) is 0 Å². The minimum atomic E-state index is -0.776. The maximum absolute atomic E-state index is 12.3. The van der Waals surface area contributed by atoms with E-state index in [1.165, 1.54) is 7.11 Å². The summed E-state index contributed by atoms with van der Waals surface area (Å²) in [5, 5.41) is 14.9. The van der Waals surface area contributed by atoms with E-state index in [0.717, 1.165) is 22.5 Å². The Hall–Kier alpha value is -4.84. The summed E-state index contributed by atoms with van der Waals surface area (Å²) in [5.41, 5.74) is 4.47. The highest BCUT2D eigenvalue weighted by Crippen LogP contribution is 2.24. The maximum atomic E-state index is 12.3. The number of ether oxygens (including phenoxy) is 1. The number of imidazole rings is 1. The fourth-order valence-electron chi connectivity index (χ4n) is 3.58. The van der Waals surface area contributed by atoms with Crippen LogP contribution in [0.2, 0.25) is 0 Å². The van der Waals surface area contributed by atoms with Gasteiger partial charge in [-0.3, -0.25) is 4.79 Å². The number of benzene rings is 2. The molecule has 182 valence electrons. The third-order valence-electron chi connectivity index (χ3n) is 5.61. The molecule has 0 aliphatic carbocycles. The molecule has 0 spiro atoms. The van der Waals surface area contributed by atoms with Crippen molar-refractivity contribution in [1.82, 2.24) is 14.9 Å². The number of hydrogen-bond donors (Lipinski definition) is 2. The summed E-state index contributed by atoms with van der Waals surface area (Å²) in [4.78, 5) is 28.1. The molecule has 0 unspecified atom stereocenters. The molecule has 2 aromatic carbocycles. The number of nitrogens with zero attached hydrogens (tertiary/aromatic N) is 3. The predicted octanol–water partition coefficient (Wildman–Crippen LogP) is 3.97. The summed E-state index contributed by atoms with van der Waals surface area (Å²) in [6.45, 7) is 2.78. The van der Waals surface area contributed by atoms with Crippen LogP contribution in [0.3, 0.4) is 0 Å². The molecule has 0 saturated heterocycles. The van der Waals surface area contributed by atoms with Crippen molar-refractivity contribution in [2.75, 3.05) is 12.4 Å². The van der Waals surface area contributed by atoms with Crippen molar-refractivity contribution in [3.05, 3.63) is 95.8 Å². The molecule has 0 aliphatic rings. The number of aromatic nitrogens is 2. The van der Waals surface area contributed by atoms with E-state index in [0.29, 0.717) is 24.4 Å². The number of furan rings is 1. The molecule has 2 N–H and O–H groups in total. The third kappa shape index (κ3) is 5.80. The Morgan fingerprint density at radius 1 is 1.11 bits per heavy atom. The number of hydrogen-bond acceptors (Lipinski definition) is 7. The van der Waals surface area contributed by atoms with Gasteiger partial charge in [0.1, 0.15) is 11.8 Å². The van der Waals surface area contributed by atoms with E-state index in [1.54, 1.807) is 25.4 Å². The molecular weight excluding hydrogens is 458 g/mol. The van der Waals surface area contributed by atoms with Crippen LogP contribution in [-0.2, 0) is 22.6 Å². The topological polar surface area (TPSA) is 122 Å². The lowest BCUT2D eigenvalue weighted by Crippen LogP contribution is -2.38.